The molecule has 29 heavy (non-hydrogen) atoms. The van der Waals surface area contributed by atoms with Crippen LogP contribution in [-0.2, 0) is 15.9 Å². The quantitative estimate of drug-likeness (QED) is 0.541. The van der Waals surface area contributed by atoms with E-state index in [1.54, 1.807) is 25.1 Å². The molecule has 3 rings (SSSR count). The van der Waals surface area contributed by atoms with Crippen LogP contribution >= 0.6 is 23.2 Å². The maximum Gasteiger partial charge on any atom is 0.508 e. The van der Waals surface area contributed by atoms with Crippen molar-refractivity contribution in [2.75, 3.05) is 6.61 Å². The Morgan fingerprint density at radius 2 is 1.93 bits per heavy atom. The Balaban J connectivity index is 2.03. The zero-order chi connectivity index (χ0) is 20.8. The van der Waals surface area contributed by atoms with E-state index in [4.69, 9.17) is 32.7 Å². The Hall–Kier alpha value is -2.83. The van der Waals surface area contributed by atoms with Crippen LogP contribution < -0.4 is 5.56 Å². The van der Waals surface area contributed by atoms with Crippen LogP contribution in [0.3, 0.4) is 0 Å². The molecule has 1 aromatic heterocycles. The number of carbonyl (C=O) groups excluding carboxylic acids is 1. The highest BCUT2D eigenvalue weighted by Gasteiger charge is 2.22. The second kappa shape index (κ2) is 9.58. The summed E-state index contributed by atoms with van der Waals surface area (Å²) in [5.74, 6) is 0. The van der Waals surface area contributed by atoms with Crippen molar-refractivity contribution in [3.8, 4) is 11.1 Å². The molecule has 1 atom stereocenters. The minimum absolute atomic E-state index is 0.193. The number of H-pyrrole nitrogens is 1. The zero-order valence-corrected chi connectivity index (χ0v) is 17.0. The van der Waals surface area contributed by atoms with E-state index in [0.717, 1.165) is 5.56 Å². The Morgan fingerprint density at radius 1 is 1.17 bits per heavy atom. The van der Waals surface area contributed by atoms with Crippen LogP contribution in [-0.4, -0.2) is 23.0 Å². The van der Waals surface area contributed by atoms with Crippen molar-refractivity contribution in [3.05, 3.63) is 86.3 Å². The molecular weight excluding hydrogens is 415 g/mol. The number of benzene rings is 2. The van der Waals surface area contributed by atoms with E-state index in [9.17, 15) is 9.59 Å². The molecule has 8 heteroatoms. The van der Waals surface area contributed by atoms with E-state index in [0.29, 0.717) is 26.7 Å². The Bertz CT molecular complexity index is 1050. The van der Waals surface area contributed by atoms with Crippen LogP contribution in [0.1, 0.15) is 24.2 Å². The summed E-state index contributed by atoms with van der Waals surface area (Å²) in [4.78, 5) is 24.5. The molecule has 1 heterocycles. The summed E-state index contributed by atoms with van der Waals surface area (Å²) < 4.78 is 10.4. The van der Waals surface area contributed by atoms with Gasteiger partial charge in [-0.1, -0.05) is 59.6 Å². The molecule has 0 fully saturated rings. The second-order valence-electron chi connectivity index (χ2n) is 6.13. The van der Waals surface area contributed by atoms with E-state index in [1.165, 1.54) is 6.20 Å². The molecule has 2 aromatic carbocycles. The largest absolute Gasteiger partial charge is 0.508 e. The van der Waals surface area contributed by atoms with Crippen LogP contribution in [0.5, 0.6) is 0 Å². The predicted molar refractivity (Wildman–Crippen MR) is 111 cm³/mol. The highest BCUT2D eigenvalue weighted by atomic mass is 35.5. The maximum absolute atomic E-state index is 12.6. The third kappa shape index (κ3) is 5.16. The van der Waals surface area contributed by atoms with Gasteiger partial charge in [0.15, 0.2) is 0 Å². The Kier molecular flexibility index (Phi) is 6.90. The lowest BCUT2D eigenvalue weighted by Crippen LogP contribution is -2.19. The summed E-state index contributed by atoms with van der Waals surface area (Å²) in [6.45, 7) is 1.89. The van der Waals surface area contributed by atoms with Crippen LogP contribution in [0.2, 0.25) is 10.0 Å². The van der Waals surface area contributed by atoms with E-state index in [-0.39, 0.29) is 13.0 Å². The number of aromatic amines is 1. The van der Waals surface area contributed by atoms with Gasteiger partial charge in [0.25, 0.3) is 5.56 Å². The lowest BCUT2D eigenvalue weighted by molar-refractivity contribution is 0.0257. The first kappa shape index (κ1) is 20.9. The summed E-state index contributed by atoms with van der Waals surface area (Å²) in [5, 5.41) is 7.12. The number of nitrogens with zero attached hydrogens (tertiary/aromatic N) is 1. The van der Waals surface area contributed by atoms with E-state index in [1.807, 2.05) is 30.3 Å². The minimum Gasteiger partial charge on any atom is -0.435 e. The second-order valence-corrected chi connectivity index (χ2v) is 6.97. The molecule has 6 nitrogen and oxygen atoms in total. The SMILES string of the molecule is CCOC(=O)OC(Cc1cn[nH]c(=O)c1-c1ccc(Cl)cc1Cl)c1ccccc1. The van der Waals surface area contributed by atoms with Crippen molar-refractivity contribution in [2.45, 2.75) is 19.4 Å². The minimum atomic E-state index is -0.787. The van der Waals surface area contributed by atoms with Gasteiger partial charge in [-0.05, 0) is 30.2 Å². The summed E-state index contributed by atoms with van der Waals surface area (Å²) >= 11 is 12.3. The highest BCUT2D eigenvalue weighted by Crippen LogP contribution is 2.32. The van der Waals surface area contributed by atoms with E-state index >= 15 is 0 Å². The van der Waals surface area contributed by atoms with Crippen LogP contribution in [0.4, 0.5) is 4.79 Å². The molecule has 0 aliphatic rings. The molecule has 0 radical (unpaired) electrons. The molecule has 0 aliphatic heterocycles. The number of hydrogen-bond donors (Lipinski definition) is 1. The number of carbonyl (C=O) groups is 1. The Labute approximate surface area is 177 Å². The van der Waals surface area contributed by atoms with Crippen molar-refractivity contribution >= 4 is 29.4 Å². The first-order chi connectivity index (χ1) is 14.0. The third-order valence-corrected chi connectivity index (χ3v) is 4.76. The molecule has 150 valence electrons. The third-order valence-electron chi connectivity index (χ3n) is 4.21. The van der Waals surface area contributed by atoms with E-state index in [2.05, 4.69) is 10.2 Å². The van der Waals surface area contributed by atoms with Gasteiger partial charge >= 0.3 is 6.16 Å². The van der Waals surface area contributed by atoms with Gasteiger partial charge in [0, 0.05) is 17.0 Å². The fourth-order valence-corrected chi connectivity index (χ4v) is 3.44. The van der Waals surface area contributed by atoms with Crippen LogP contribution in [0.15, 0.2) is 59.5 Å². The fourth-order valence-electron chi connectivity index (χ4n) is 2.94. The molecular formula is C21H18Cl2N2O4. The van der Waals surface area contributed by atoms with Crippen molar-refractivity contribution in [1.29, 1.82) is 0 Å². The maximum atomic E-state index is 12.6. The predicted octanol–water partition coefficient (Wildman–Crippen LogP) is 5.20. The smallest absolute Gasteiger partial charge is 0.435 e. The molecule has 0 aliphatic carbocycles. The number of rotatable bonds is 6. The molecule has 0 amide bonds. The topological polar surface area (TPSA) is 81.3 Å². The first-order valence-corrected chi connectivity index (χ1v) is 9.65. The number of nitrogens with one attached hydrogen (secondary N) is 1. The summed E-state index contributed by atoms with van der Waals surface area (Å²) in [5.41, 5.74) is 1.77. The fraction of sp³-hybridized carbons (Fsp3) is 0.190. The lowest BCUT2D eigenvalue weighted by atomic mass is 9.96. The van der Waals surface area contributed by atoms with Gasteiger partial charge < -0.3 is 9.47 Å². The van der Waals surface area contributed by atoms with Gasteiger partial charge in [0.2, 0.25) is 0 Å². The van der Waals surface area contributed by atoms with Gasteiger partial charge in [-0.15, -0.1) is 0 Å². The molecule has 1 N–H and O–H groups in total. The molecule has 0 bridgehead atoms. The van der Waals surface area contributed by atoms with Crippen molar-refractivity contribution in [3.63, 3.8) is 0 Å². The van der Waals surface area contributed by atoms with Gasteiger partial charge in [-0.2, -0.15) is 5.10 Å². The summed E-state index contributed by atoms with van der Waals surface area (Å²) in [7, 11) is 0. The van der Waals surface area contributed by atoms with Gasteiger partial charge in [0.05, 0.1) is 23.4 Å². The van der Waals surface area contributed by atoms with Crippen molar-refractivity contribution in [2.24, 2.45) is 0 Å². The number of aromatic nitrogens is 2. The normalized spacial score (nSPS) is 11.7. The van der Waals surface area contributed by atoms with Crippen molar-refractivity contribution < 1.29 is 14.3 Å². The van der Waals surface area contributed by atoms with Gasteiger partial charge in [-0.3, -0.25) is 4.79 Å². The molecule has 0 spiro atoms. The monoisotopic (exact) mass is 432 g/mol. The van der Waals surface area contributed by atoms with Gasteiger partial charge in [-0.25, -0.2) is 9.89 Å². The average Bonchev–Trinajstić information content (AvgIpc) is 2.69. The number of ether oxygens (including phenoxy) is 2. The average molecular weight is 433 g/mol. The highest BCUT2D eigenvalue weighted by molar-refractivity contribution is 6.36. The number of halogens is 2. The zero-order valence-electron chi connectivity index (χ0n) is 15.5. The molecule has 3 aromatic rings. The standard InChI is InChI=1S/C21H18Cl2N2O4/c1-2-28-21(27)29-18(13-6-4-3-5-7-13)10-14-12-24-25-20(26)19(14)16-9-8-15(22)11-17(16)23/h3-9,11-12,18H,2,10H2,1H3,(H,25,26). The van der Waals surface area contributed by atoms with Crippen molar-refractivity contribution in [1.82, 2.24) is 10.2 Å². The lowest BCUT2D eigenvalue weighted by Gasteiger charge is -2.19. The van der Waals surface area contributed by atoms with E-state index < -0.39 is 17.8 Å². The van der Waals surface area contributed by atoms with Gasteiger partial charge in [0.1, 0.15) is 6.10 Å². The molecule has 0 saturated carbocycles. The number of hydrogen-bond acceptors (Lipinski definition) is 5. The Morgan fingerprint density at radius 3 is 2.62 bits per heavy atom. The molecule has 0 saturated heterocycles. The summed E-state index contributed by atoms with van der Waals surface area (Å²) in [6.07, 6.45) is 0.258. The first-order valence-electron chi connectivity index (χ1n) is 8.90. The summed E-state index contributed by atoms with van der Waals surface area (Å²) in [6, 6.07) is 14.1. The van der Waals surface area contributed by atoms with Crippen LogP contribution in [0.25, 0.3) is 11.1 Å². The van der Waals surface area contributed by atoms with Crippen LogP contribution in [0, 0.1) is 0 Å². The molecule has 1 unspecified atom stereocenters.